The molecule has 2 aromatic heterocycles. The number of aromatic hydroxyl groups is 1. The van der Waals surface area contributed by atoms with Crippen LogP contribution in [0, 0.1) is 6.92 Å². The summed E-state index contributed by atoms with van der Waals surface area (Å²) in [4.78, 5) is 9.06. The van der Waals surface area contributed by atoms with Gasteiger partial charge in [-0.2, -0.15) is 0 Å². The van der Waals surface area contributed by atoms with Crippen LogP contribution in [-0.2, 0) is 0 Å². The lowest BCUT2D eigenvalue weighted by atomic mass is 10.1. The predicted molar refractivity (Wildman–Crippen MR) is 81.2 cm³/mol. The molecule has 0 aliphatic carbocycles. The Bertz CT molecular complexity index is 767. The van der Waals surface area contributed by atoms with Gasteiger partial charge >= 0.3 is 0 Å². The Morgan fingerprint density at radius 1 is 1.30 bits per heavy atom. The molecule has 3 aromatic rings. The Morgan fingerprint density at radius 3 is 2.90 bits per heavy atom. The minimum absolute atomic E-state index is 0.304. The summed E-state index contributed by atoms with van der Waals surface area (Å²) in [5, 5.41) is 10.6. The fraction of sp³-hybridized carbons (Fsp3) is 0.200. The first kappa shape index (κ1) is 13.0. The largest absolute Gasteiger partial charge is 0.508 e. The summed E-state index contributed by atoms with van der Waals surface area (Å²) in [6, 6.07) is 7.49. The van der Waals surface area contributed by atoms with E-state index in [0.29, 0.717) is 5.75 Å². The summed E-state index contributed by atoms with van der Waals surface area (Å²) in [5.41, 5.74) is 3.60. The molecule has 1 N–H and O–H groups in total. The lowest BCUT2D eigenvalue weighted by Gasteiger charge is -2.08. The molecule has 0 fully saturated rings. The van der Waals surface area contributed by atoms with Crippen LogP contribution >= 0.6 is 11.8 Å². The molecular weight excluding hydrogens is 270 g/mol. The number of nitrogens with zero attached hydrogens (tertiary/aromatic N) is 3. The average molecular weight is 285 g/mol. The first-order chi connectivity index (χ1) is 9.69. The van der Waals surface area contributed by atoms with Crippen LogP contribution in [0.15, 0.2) is 41.8 Å². The van der Waals surface area contributed by atoms with E-state index in [1.54, 1.807) is 24.0 Å². The van der Waals surface area contributed by atoms with Crippen molar-refractivity contribution in [3.05, 3.63) is 42.2 Å². The van der Waals surface area contributed by atoms with Gasteiger partial charge in [0.15, 0.2) is 5.16 Å². The molecule has 3 rings (SSSR count). The van der Waals surface area contributed by atoms with Crippen LogP contribution in [0.5, 0.6) is 5.75 Å². The number of phenolic OH excluding ortho intramolecular Hbond substituents is 1. The van der Waals surface area contributed by atoms with Crippen LogP contribution in [0.4, 0.5) is 0 Å². The standard InChI is InChI=1S/C15H15N3OS/c1-3-20-15-17-12(9-14-16-6-7-18(14)15)11-4-5-13(19)10(2)8-11/h4-9,19H,3H2,1-2H3. The van der Waals surface area contributed by atoms with Crippen LogP contribution in [0.1, 0.15) is 12.5 Å². The lowest BCUT2D eigenvalue weighted by Crippen LogP contribution is -1.96. The van der Waals surface area contributed by atoms with Gasteiger partial charge in [-0.1, -0.05) is 18.7 Å². The Kier molecular flexibility index (Phi) is 3.36. The van der Waals surface area contributed by atoms with Crippen molar-refractivity contribution in [1.82, 2.24) is 14.4 Å². The van der Waals surface area contributed by atoms with E-state index in [4.69, 9.17) is 4.98 Å². The molecule has 0 saturated carbocycles. The highest BCUT2D eigenvalue weighted by Crippen LogP contribution is 2.27. The van der Waals surface area contributed by atoms with Crippen molar-refractivity contribution in [2.24, 2.45) is 0 Å². The maximum absolute atomic E-state index is 9.63. The fourth-order valence-electron chi connectivity index (χ4n) is 2.09. The first-order valence-corrected chi connectivity index (χ1v) is 7.44. The van der Waals surface area contributed by atoms with Gasteiger partial charge in [0.05, 0.1) is 5.69 Å². The van der Waals surface area contributed by atoms with Crippen molar-refractivity contribution < 1.29 is 5.11 Å². The lowest BCUT2D eigenvalue weighted by molar-refractivity contribution is 0.471. The molecular formula is C15H15N3OS. The zero-order valence-corrected chi connectivity index (χ0v) is 12.2. The van der Waals surface area contributed by atoms with Crippen molar-refractivity contribution >= 4 is 17.4 Å². The van der Waals surface area contributed by atoms with E-state index in [9.17, 15) is 5.11 Å². The Balaban J connectivity index is 2.17. The molecule has 5 heteroatoms. The van der Waals surface area contributed by atoms with Crippen LogP contribution in [0.25, 0.3) is 16.9 Å². The smallest absolute Gasteiger partial charge is 0.174 e. The average Bonchev–Trinajstić information content (AvgIpc) is 2.90. The maximum atomic E-state index is 9.63. The number of thioether (sulfide) groups is 1. The first-order valence-electron chi connectivity index (χ1n) is 6.46. The number of benzene rings is 1. The van der Waals surface area contributed by atoms with Crippen molar-refractivity contribution in [2.75, 3.05) is 5.75 Å². The van der Waals surface area contributed by atoms with Gasteiger partial charge < -0.3 is 5.11 Å². The summed E-state index contributed by atoms with van der Waals surface area (Å²) < 4.78 is 1.99. The van der Waals surface area contributed by atoms with E-state index in [1.165, 1.54) is 0 Å². The molecule has 0 spiro atoms. The van der Waals surface area contributed by atoms with Gasteiger partial charge in [0.1, 0.15) is 11.4 Å². The normalized spacial score (nSPS) is 11.1. The second kappa shape index (κ2) is 5.17. The van der Waals surface area contributed by atoms with Gasteiger partial charge in [0, 0.05) is 24.0 Å². The molecule has 1 aromatic carbocycles. The van der Waals surface area contributed by atoms with E-state index >= 15 is 0 Å². The minimum atomic E-state index is 0.304. The third-order valence-corrected chi connectivity index (χ3v) is 3.96. The van der Waals surface area contributed by atoms with Crippen molar-refractivity contribution in [2.45, 2.75) is 19.0 Å². The third kappa shape index (κ3) is 2.25. The number of fused-ring (bicyclic) bond motifs is 1. The molecule has 0 unspecified atom stereocenters. The number of rotatable bonds is 3. The van der Waals surface area contributed by atoms with E-state index in [-0.39, 0.29) is 0 Å². The second-order valence-electron chi connectivity index (χ2n) is 4.51. The van der Waals surface area contributed by atoms with Gasteiger partial charge in [-0.25, -0.2) is 9.97 Å². The molecule has 102 valence electrons. The van der Waals surface area contributed by atoms with Crippen molar-refractivity contribution in [3.8, 4) is 17.0 Å². The topological polar surface area (TPSA) is 50.4 Å². The molecule has 0 bridgehead atoms. The number of aromatic nitrogens is 3. The Morgan fingerprint density at radius 2 is 2.15 bits per heavy atom. The van der Waals surface area contributed by atoms with E-state index < -0.39 is 0 Å². The number of hydrogen-bond acceptors (Lipinski definition) is 4. The van der Waals surface area contributed by atoms with E-state index in [1.807, 2.05) is 35.7 Å². The number of phenols is 1. The third-order valence-electron chi connectivity index (χ3n) is 3.12. The molecule has 4 nitrogen and oxygen atoms in total. The summed E-state index contributed by atoms with van der Waals surface area (Å²) in [6.45, 7) is 3.99. The van der Waals surface area contributed by atoms with Crippen molar-refractivity contribution in [1.29, 1.82) is 0 Å². The molecule has 0 aliphatic rings. The van der Waals surface area contributed by atoms with Gasteiger partial charge in [0.25, 0.3) is 0 Å². The predicted octanol–water partition coefficient (Wildman–Crippen LogP) is 3.52. The molecule has 2 heterocycles. The fourth-order valence-corrected chi connectivity index (χ4v) is 2.80. The summed E-state index contributed by atoms with van der Waals surface area (Å²) in [5.74, 6) is 1.26. The van der Waals surface area contributed by atoms with E-state index in [0.717, 1.165) is 33.4 Å². The molecule has 0 aliphatic heterocycles. The highest BCUT2D eigenvalue weighted by atomic mass is 32.2. The number of imidazole rings is 1. The summed E-state index contributed by atoms with van der Waals surface area (Å²) >= 11 is 1.69. The molecule has 0 radical (unpaired) electrons. The quantitative estimate of drug-likeness (QED) is 0.591. The van der Waals surface area contributed by atoms with Crippen LogP contribution < -0.4 is 0 Å². The molecule has 0 amide bonds. The van der Waals surface area contributed by atoms with Gasteiger partial charge in [-0.15, -0.1) is 0 Å². The zero-order chi connectivity index (χ0) is 14.1. The van der Waals surface area contributed by atoms with Crippen LogP contribution in [-0.4, -0.2) is 25.2 Å². The van der Waals surface area contributed by atoms with Gasteiger partial charge in [-0.3, -0.25) is 4.40 Å². The van der Waals surface area contributed by atoms with Crippen LogP contribution in [0.2, 0.25) is 0 Å². The highest BCUT2D eigenvalue weighted by Gasteiger charge is 2.09. The van der Waals surface area contributed by atoms with Crippen LogP contribution in [0.3, 0.4) is 0 Å². The zero-order valence-electron chi connectivity index (χ0n) is 11.4. The minimum Gasteiger partial charge on any atom is -0.508 e. The Hall–Kier alpha value is -2.01. The van der Waals surface area contributed by atoms with Gasteiger partial charge in [0.2, 0.25) is 0 Å². The Labute approximate surface area is 121 Å². The SMILES string of the molecule is CCSc1nc(-c2ccc(O)c(C)c2)cc2nccn12. The summed E-state index contributed by atoms with van der Waals surface area (Å²) in [7, 11) is 0. The number of hydrogen-bond donors (Lipinski definition) is 1. The summed E-state index contributed by atoms with van der Waals surface area (Å²) in [6.07, 6.45) is 3.70. The molecule has 0 saturated heterocycles. The van der Waals surface area contributed by atoms with Gasteiger partial charge in [-0.05, 0) is 36.4 Å². The molecule has 0 atom stereocenters. The van der Waals surface area contributed by atoms with Crippen molar-refractivity contribution in [3.63, 3.8) is 0 Å². The second-order valence-corrected chi connectivity index (χ2v) is 5.74. The number of aryl methyl sites for hydroxylation is 1. The monoisotopic (exact) mass is 285 g/mol. The highest BCUT2D eigenvalue weighted by molar-refractivity contribution is 7.99. The van der Waals surface area contributed by atoms with E-state index in [2.05, 4.69) is 11.9 Å². The maximum Gasteiger partial charge on any atom is 0.174 e. The molecule has 20 heavy (non-hydrogen) atoms.